The van der Waals surface area contributed by atoms with Gasteiger partial charge in [0.25, 0.3) is 0 Å². The van der Waals surface area contributed by atoms with Crippen molar-refractivity contribution < 1.29 is 20.4 Å². The lowest BCUT2D eigenvalue weighted by Crippen LogP contribution is -1.93. The lowest BCUT2D eigenvalue weighted by molar-refractivity contribution is 0.446. The summed E-state index contributed by atoms with van der Waals surface area (Å²) in [6, 6.07) is 5.66. The normalized spacial score (nSPS) is 9.65. The molecule has 108 valence electrons. The number of aromatic hydroxyl groups is 4. The van der Waals surface area contributed by atoms with Crippen LogP contribution in [0.3, 0.4) is 0 Å². The first-order chi connectivity index (χ1) is 9.25. The van der Waals surface area contributed by atoms with Crippen molar-refractivity contribution >= 4 is 17.1 Å². The van der Waals surface area contributed by atoms with Crippen LogP contribution in [0.1, 0.15) is 5.56 Å². The van der Waals surface area contributed by atoms with Gasteiger partial charge in [-0.15, -0.1) is 0 Å². The molecule has 7 nitrogen and oxygen atoms in total. The summed E-state index contributed by atoms with van der Waals surface area (Å²) >= 11 is 0. The van der Waals surface area contributed by atoms with Crippen LogP contribution in [-0.4, -0.2) is 20.4 Å². The fourth-order valence-corrected chi connectivity index (χ4v) is 1.39. The van der Waals surface area contributed by atoms with Crippen molar-refractivity contribution in [3.05, 3.63) is 29.8 Å². The molecule has 0 radical (unpaired) electrons. The summed E-state index contributed by atoms with van der Waals surface area (Å²) in [5.74, 6) is -0.404. The number of hydrogen-bond acceptors (Lipinski definition) is 7. The van der Waals surface area contributed by atoms with Crippen molar-refractivity contribution in [2.75, 3.05) is 17.2 Å². The highest BCUT2D eigenvalue weighted by atomic mass is 16.3. The molecule has 7 heteroatoms. The average molecular weight is 279 g/mol. The minimum absolute atomic E-state index is 0.0255. The monoisotopic (exact) mass is 279 g/mol. The van der Waals surface area contributed by atoms with Gasteiger partial charge in [0.05, 0.1) is 11.4 Å². The molecule has 0 spiro atoms. The molecule has 0 heterocycles. The maximum atomic E-state index is 9.17. The van der Waals surface area contributed by atoms with Crippen LogP contribution in [-0.2, 0) is 0 Å². The first-order valence-corrected chi connectivity index (χ1v) is 5.58. The van der Waals surface area contributed by atoms with Crippen LogP contribution in [0.5, 0.6) is 23.0 Å². The van der Waals surface area contributed by atoms with Gasteiger partial charge in [-0.05, 0) is 25.1 Å². The molecule has 0 fully saturated rings. The lowest BCUT2D eigenvalue weighted by Gasteiger charge is -2.07. The van der Waals surface area contributed by atoms with E-state index in [9.17, 15) is 10.2 Å². The van der Waals surface area contributed by atoms with E-state index in [1.165, 1.54) is 31.2 Å². The van der Waals surface area contributed by atoms with Crippen molar-refractivity contribution in [1.29, 1.82) is 0 Å². The molecule has 0 saturated carbocycles. The second-order valence-electron chi connectivity index (χ2n) is 4.09. The van der Waals surface area contributed by atoms with Crippen LogP contribution < -0.4 is 17.2 Å². The fourth-order valence-electron chi connectivity index (χ4n) is 1.39. The maximum absolute atomic E-state index is 9.17. The minimum atomic E-state index is -0.114. The molecular formula is C13H17N3O4. The Morgan fingerprint density at radius 1 is 0.800 bits per heavy atom. The van der Waals surface area contributed by atoms with Crippen LogP contribution in [0.25, 0.3) is 0 Å². The number of para-hydroxylation sites is 1. The molecule has 10 N–H and O–H groups in total. The van der Waals surface area contributed by atoms with Crippen LogP contribution in [0.2, 0.25) is 0 Å². The summed E-state index contributed by atoms with van der Waals surface area (Å²) in [7, 11) is 0. The van der Waals surface area contributed by atoms with E-state index >= 15 is 0 Å². The Morgan fingerprint density at radius 3 is 1.55 bits per heavy atom. The van der Waals surface area contributed by atoms with Gasteiger partial charge in [0, 0.05) is 5.56 Å². The van der Waals surface area contributed by atoms with Crippen molar-refractivity contribution in [3.63, 3.8) is 0 Å². The predicted octanol–water partition coefficient (Wildman–Crippen LogP) is 1.25. The minimum Gasteiger partial charge on any atom is -0.506 e. The Hall–Kier alpha value is -2.96. The Balaban J connectivity index is 0.000000204. The predicted molar refractivity (Wildman–Crippen MR) is 77.5 cm³/mol. The largest absolute Gasteiger partial charge is 0.506 e. The van der Waals surface area contributed by atoms with E-state index in [-0.39, 0.29) is 40.1 Å². The third-order valence-corrected chi connectivity index (χ3v) is 2.63. The lowest BCUT2D eigenvalue weighted by atomic mass is 10.1. The third kappa shape index (κ3) is 3.08. The number of hydrogen-bond donors (Lipinski definition) is 7. The van der Waals surface area contributed by atoms with Gasteiger partial charge >= 0.3 is 0 Å². The second-order valence-corrected chi connectivity index (χ2v) is 4.09. The highest BCUT2D eigenvalue weighted by Crippen LogP contribution is 2.36. The first-order valence-electron chi connectivity index (χ1n) is 5.58. The van der Waals surface area contributed by atoms with Gasteiger partial charge in [-0.2, -0.15) is 0 Å². The van der Waals surface area contributed by atoms with Crippen molar-refractivity contribution in [3.8, 4) is 23.0 Å². The van der Waals surface area contributed by atoms with Crippen LogP contribution in [0.4, 0.5) is 17.1 Å². The summed E-state index contributed by atoms with van der Waals surface area (Å²) in [5, 5.41) is 36.0. The molecule has 0 unspecified atom stereocenters. The summed E-state index contributed by atoms with van der Waals surface area (Å²) in [6.07, 6.45) is 0. The van der Waals surface area contributed by atoms with Crippen LogP contribution in [0.15, 0.2) is 24.3 Å². The standard InChI is InChI=1S/C7H10N2O2.C6H7NO2/c1-3-6(10)4(8)2-5(9)7(3)11;7-6-4(8)2-1-3-5(6)9/h2,10-11H,8-9H2,1H3;1-3,8-9H,7H2. The molecule has 0 amide bonds. The molecule has 0 saturated heterocycles. The number of nitrogens with two attached hydrogens (primary N) is 3. The SMILES string of the molecule is Cc1c(O)c(N)cc(N)c1O.Nc1c(O)cccc1O. The molecule has 0 bridgehead atoms. The van der Waals surface area contributed by atoms with Gasteiger partial charge in [0.2, 0.25) is 0 Å². The molecule has 0 aliphatic rings. The summed E-state index contributed by atoms with van der Waals surface area (Å²) in [6.45, 7) is 1.54. The number of phenols is 4. The molecule has 0 aromatic heterocycles. The van der Waals surface area contributed by atoms with Gasteiger partial charge in [0.1, 0.15) is 28.7 Å². The van der Waals surface area contributed by atoms with Crippen LogP contribution >= 0.6 is 0 Å². The molecule has 0 atom stereocenters. The van der Waals surface area contributed by atoms with Crippen molar-refractivity contribution in [2.45, 2.75) is 6.92 Å². The Morgan fingerprint density at radius 2 is 1.20 bits per heavy atom. The summed E-state index contributed by atoms with van der Waals surface area (Å²) in [4.78, 5) is 0. The van der Waals surface area contributed by atoms with E-state index in [2.05, 4.69) is 0 Å². The van der Waals surface area contributed by atoms with E-state index < -0.39 is 0 Å². The van der Waals surface area contributed by atoms with Crippen LogP contribution in [0, 0.1) is 6.92 Å². The number of rotatable bonds is 0. The third-order valence-electron chi connectivity index (χ3n) is 2.63. The average Bonchev–Trinajstić information content (AvgIpc) is 2.41. The highest BCUT2D eigenvalue weighted by molar-refractivity contribution is 5.70. The highest BCUT2D eigenvalue weighted by Gasteiger charge is 2.08. The van der Waals surface area contributed by atoms with E-state index in [4.69, 9.17) is 27.4 Å². The number of phenolic OH excluding ortho intramolecular Hbond substituents is 4. The number of benzene rings is 2. The zero-order valence-corrected chi connectivity index (χ0v) is 10.8. The smallest absolute Gasteiger partial charge is 0.145 e. The molecular weight excluding hydrogens is 262 g/mol. The van der Waals surface area contributed by atoms with E-state index in [0.717, 1.165) is 0 Å². The molecule has 2 aromatic rings. The molecule has 2 aromatic carbocycles. The number of nitrogen functional groups attached to an aromatic ring is 3. The van der Waals surface area contributed by atoms with Crippen molar-refractivity contribution in [1.82, 2.24) is 0 Å². The molecule has 20 heavy (non-hydrogen) atoms. The van der Waals surface area contributed by atoms with Gasteiger partial charge < -0.3 is 37.6 Å². The van der Waals surface area contributed by atoms with E-state index in [1.54, 1.807) is 0 Å². The molecule has 2 rings (SSSR count). The van der Waals surface area contributed by atoms with E-state index in [0.29, 0.717) is 5.56 Å². The van der Waals surface area contributed by atoms with Gasteiger partial charge in [-0.3, -0.25) is 0 Å². The topological polar surface area (TPSA) is 159 Å². The Kier molecular flexibility index (Phi) is 4.37. The number of anilines is 3. The maximum Gasteiger partial charge on any atom is 0.145 e. The van der Waals surface area contributed by atoms with Gasteiger partial charge in [-0.1, -0.05) is 6.07 Å². The zero-order chi connectivity index (χ0) is 15.4. The summed E-state index contributed by atoms with van der Waals surface area (Å²) in [5.41, 5.74) is 16.6. The molecule has 0 aliphatic heterocycles. The zero-order valence-electron chi connectivity index (χ0n) is 10.8. The van der Waals surface area contributed by atoms with Gasteiger partial charge in [-0.25, -0.2) is 0 Å². The quantitative estimate of drug-likeness (QED) is 0.217. The molecule has 0 aliphatic carbocycles. The summed E-state index contributed by atoms with van der Waals surface area (Å²) < 4.78 is 0. The second kappa shape index (κ2) is 5.79. The van der Waals surface area contributed by atoms with E-state index in [1.807, 2.05) is 0 Å². The first kappa shape index (κ1) is 15.1. The Bertz CT molecular complexity index is 583. The van der Waals surface area contributed by atoms with Gasteiger partial charge in [0.15, 0.2) is 0 Å². The van der Waals surface area contributed by atoms with Crippen molar-refractivity contribution in [2.24, 2.45) is 0 Å². The fraction of sp³-hybridized carbons (Fsp3) is 0.0769. The Labute approximate surface area is 115 Å².